The summed E-state index contributed by atoms with van der Waals surface area (Å²) in [5.74, 6) is -0.939. The molecular formula is C20H17FN2O3S. The number of hydrogen-bond acceptors (Lipinski definition) is 3. The maximum Gasteiger partial charge on any atom is 0.261 e. The van der Waals surface area contributed by atoms with Crippen LogP contribution in [0.2, 0.25) is 0 Å². The number of para-hydroxylation sites is 1. The van der Waals surface area contributed by atoms with Crippen LogP contribution in [0.15, 0.2) is 83.8 Å². The lowest BCUT2D eigenvalue weighted by atomic mass is 10.1. The van der Waals surface area contributed by atoms with Gasteiger partial charge in [0.25, 0.3) is 15.9 Å². The highest BCUT2D eigenvalue weighted by Gasteiger charge is 2.18. The summed E-state index contributed by atoms with van der Waals surface area (Å²) in [4.78, 5) is 12.4. The summed E-state index contributed by atoms with van der Waals surface area (Å²) in [6.45, 7) is 0.318. The average molecular weight is 384 g/mol. The van der Waals surface area contributed by atoms with Gasteiger partial charge in [0.15, 0.2) is 0 Å². The van der Waals surface area contributed by atoms with Gasteiger partial charge in [-0.15, -0.1) is 0 Å². The van der Waals surface area contributed by atoms with Crippen LogP contribution >= 0.6 is 0 Å². The van der Waals surface area contributed by atoms with Crippen LogP contribution < -0.4 is 10.0 Å². The molecule has 0 aliphatic heterocycles. The van der Waals surface area contributed by atoms with Crippen molar-refractivity contribution in [2.75, 3.05) is 4.72 Å². The van der Waals surface area contributed by atoms with Crippen LogP contribution in [0.3, 0.4) is 0 Å². The largest absolute Gasteiger partial charge is 0.348 e. The lowest BCUT2D eigenvalue weighted by Gasteiger charge is -2.13. The highest BCUT2D eigenvalue weighted by molar-refractivity contribution is 7.92. The van der Waals surface area contributed by atoms with Crippen LogP contribution in [-0.2, 0) is 16.6 Å². The van der Waals surface area contributed by atoms with Gasteiger partial charge in [-0.3, -0.25) is 9.52 Å². The van der Waals surface area contributed by atoms with Gasteiger partial charge in [0.2, 0.25) is 0 Å². The smallest absolute Gasteiger partial charge is 0.261 e. The first-order valence-electron chi connectivity index (χ1n) is 8.15. The van der Waals surface area contributed by atoms with Crippen molar-refractivity contribution in [3.8, 4) is 0 Å². The van der Waals surface area contributed by atoms with E-state index in [1.807, 2.05) is 30.3 Å². The molecule has 0 atom stereocenters. The van der Waals surface area contributed by atoms with Gasteiger partial charge in [-0.2, -0.15) is 0 Å². The first-order valence-corrected chi connectivity index (χ1v) is 9.63. The first kappa shape index (κ1) is 18.6. The van der Waals surface area contributed by atoms with Crippen molar-refractivity contribution in [3.63, 3.8) is 0 Å². The number of nitrogens with one attached hydrogen (secondary N) is 2. The lowest BCUT2D eigenvalue weighted by Crippen LogP contribution is -2.25. The second kappa shape index (κ2) is 8.01. The predicted octanol–water partition coefficient (Wildman–Crippen LogP) is 3.56. The molecule has 7 heteroatoms. The zero-order valence-electron chi connectivity index (χ0n) is 14.2. The van der Waals surface area contributed by atoms with Crippen molar-refractivity contribution in [1.29, 1.82) is 0 Å². The second-order valence-corrected chi connectivity index (χ2v) is 7.46. The summed E-state index contributed by atoms with van der Waals surface area (Å²) in [5.41, 5.74) is 1.27. The summed E-state index contributed by atoms with van der Waals surface area (Å²) >= 11 is 0. The maximum absolute atomic E-state index is 13.0. The van der Waals surface area contributed by atoms with Crippen LogP contribution in [0.5, 0.6) is 0 Å². The molecule has 0 fully saturated rings. The Morgan fingerprint density at radius 3 is 2.19 bits per heavy atom. The van der Waals surface area contributed by atoms with Crippen LogP contribution in [0, 0.1) is 5.82 Å². The third-order valence-electron chi connectivity index (χ3n) is 3.84. The average Bonchev–Trinajstić information content (AvgIpc) is 2.67. The van der Waals surface area contributed by atoms with Crippen molar-refractivity contribution in [2.45, 2.75) is 11.4 Å². The molecule has 0 radical (unpaired) electrons. The van der Waals surface area contributed by atoms with Gasteiger partial charge in [0, 0.05) is 6.54 Å². The van der Waals surface area contributed by atoms with Crippen molar-refractivity contribution < 1.29 is 17.6 Å². The zero-order valence-corrected chi connectivity index (χ0v) is 15.0. The number of halogens is 1. The molecule has 0 saturated carbocycles. The van der Waals surface area contributed by atoms with E-state index in [4.69, 9.17) is 0 Å². The van der Waals surface area contributed by atoms with E-state index in [1.165, 1.54) is 12.1 Å². The Bertz CT molecular complexity index is 1040. The van der Waals surface area contributed by atoms with E-state index >= 15 is 0 Å². The molecule has 2 N–H and O–H groups in total. The molecule has 0 spiro atoms. The first-order chi connectivity index (χ1) is 13.0. The normalized spacial score (nSPS) is 11.0. The van der Waals surface area contributed by atoms with Crippen molar-refractivity contribution in [1.82, 2.24) is 5.32 Å². The Balaban J connectivity index is 1.79. The fraction of sp³-hybridized carbons (Fsp3) is 0.0500. The monoisotopic (exact) mass is 384 g/mol. The molecule has 5 nitrogen and oxygen atoms in total. The van der Waals surface area contributed by atoms with Gasteiger partial charge in [-0.25, -0.2) is 12.8 Å². The van der Waals surface area contributed by atoms with Gasteiger partial charge in [-0.1, -0.05) is 42.5 Å². The van der Waals surface area contributed by atoms with Crippen LogP contribution in [0.25, 0.3) is 0 Å². The summed E-state index contributed by atoms with van der Waals surface area (Å²) < 4.78 is 40.4. The molecule has 3 rings (SSSR count). The van der Waals surface area contributed by atoms with Crippen molar-refractivity contribution in [3.05, 3.63) is 95.8 Å². The Labute approximate surface area is 156 Å². The number of rotatable bonds is 6. The summed E-state index contributed by atoms with van der Waals surface area (Å²) in [6, 6.07) is 20.1. The second-order valence-electron chi connectivity index (χ2n) is 5.77. The molecule has 0 bridgehead atoms. The summed E-state index contributed by atoms with van der Waals surface area (Å²) in [7, 11) is -3.95. The molecule has 0 heterocycles. The number of hydrogen-bond donors (Lipinski definition) is 2. The Morgan fingerprint density at radius 2 is 1.48 bits per heavy atom. The van der Waals surface area contributed by atoms with Gasteiger partial charge >= 0.3 is 0 Å². The van der Waals surface area contributed by atoms with E-state index < -0.39 is 21.7 Å². The topological polar surface area (TPSA) is 75.3 Å². The minimum absolute atomic E-state index is 0.0941. The molecule has 27 heavy (non-hydrogen) atoms. The molecular weight excluding hydrogens is 367 g/mol. The molecule has 138 valence electrons. The highest BCUT2D eigenvalue weighted by Crippen LogP contribution is 2.20. The van der Waals surface area contributed by atoms with Gasteiger partial charge in [0.05, 0.1) is 16.1 Å². The van der Waals surface area contributed by atoms with Gasteiger partial charge in [-0.05, 0) is 42.0 Å². The van der Waals surface area contributed by atoms with Crippen LogP contribution in [0.1, 0.15) is 15.9 Å². The van der Waals surface area contributed by atoms with E-state index in [1.54, 1.807) is 12.1 Å². The highest BCUT2D eigenvalue weighted by atomic mass is 32.2. The van der Waals surface area contributed by atoms with Gasteiger partial charge in [0.1, 0.15) is 5.82 Å². The number of benzene rings is 3. The van der Waals surface area contributed by atoms with E-state index in [0.29, 0.717) is 6.54 Å². The third kappa shape index (κ3) is 4.71. The molecule has 0 unspecified atom stereocenters. The SMILES string of the molecule is O=C(NCc1ccccc1)c1ccccc1NS(=O)(=O)c1ccc(F)cc1. The fourth-order valence-corrected chi connectivity index (χ4v) is 3.54. The molecule has 1 amide bonds. The maximum atomic E-state index is 13.0. The molecule has 3 aromatic carbocycles. The minimum Gasteiger partial charge on any atom is -0.348 e. The predicted molar refractivity (Wildman–Crippen MR) is 101 cm³/mol. The summed E-state index contributed by atoms with van der Waals surface area (Å²) in [6.07, 6.45) is 0. The summed E-state index contributed by atoms with van der Waals surface area (Å²) in [5, 5.41) is 2.77. The molecule has 0 aliphatic rings. The Kier molecular flexibility index (Phi) is 5.52. The van der Waals surface area contributed by atoms with E-state index in [-0.39, 0.29) is 16.1 Å². The van der Waals surface area contributed by atoms with Crippen molar-refractivity contribution >= 4 is 21.6 Å². The quantitative estimate of drug-likeness (QED) is 0.682. The number of sulfonamides is 1. The van der Waals surface area contributed by atoms with Crippen LogP contribution in [0.4, 0.5) is 10.1 Å². The van der Waals surface area contributed by atoms with Gasteiger partial charge < -0.3 is 5.32 Å². The van der Waals surface area contributed by atoms with Crippen LogP contribution in [-0.4, -0.2) is 14.3 Å². The Hall–Kier alpha value is -3.19. The third-order valence-corrected chi connectivity index (χ3v) is 5.22. The van der Waals surface area contributed by atoms with E-state index in [0.717, 1.165) is 29.8 Å². The molecule has 3 aromatic rings. The number of anilines is 1. The molecule has 0 saturated heterocycles. The molecule has 0 aliphatic carbocycles. The standard InChI is InChI=1S/C20H17FN2O3S/c21-16-10-12-17(13-11-16)27(25,26)23-19-9-5-4-8-18(19)20(24)22-14-15-6-2-1-3-7-15/h1-13,23H,14H2,(H,22,24). The van der Waals surface area contributed by atoms with E-state index in [9.17, 15) is 17.6 Å². The van der Waals surface area contributed by atoms with Crippen molar-refractivity contribution in [2.24, 2.45) is 0 Å². The zero-order chi connectivity index (χ0) is 19.3. The number of carbonyl (C=O) groups is 1. The fourth-order valence-electron chi connectivity index (χ4n) is 2.46. The number of carbonyl (C=O) groups excluding carboxylic acids is 1. The van der Waals surface area contributed by atoms with E-state index in [2.05, 4.69) is 10.0 Å². The molecule has 0 aromatic heterocycles. The Morgan fingerprint density at radius 1 is 0.852 bits per heavy atom. The minimum atomic E-state index is -3.95. The lowest BCUT2D eigenvalue weighted by molar-refractivity contribution is 0.0952. The number of amides is 1.